The number of nitrogens with zero attached hydrogens (tertiary/aromatic N) is 1. The van der Waals surface area contributed by atoms with Gasteiger partial charge < -0.3 is 4.81 Å². The van der Waals surface area contributed by atoms with E-state index in [1.807, 2.05) is 11.3 Å². The third-order valence-electron chi connectivity index (χ3n) is 3.02. The van der Waals surface area contributed by atoms with E-state index >= 15 is 0 Å². The lowest BCUT2D eigenvalue weighted by atomic mass is 9.84. The van der Waals surface area contributed by atoms with Crippen LogP contribution in [0, 0.1) is 0 Å². The van der Waals surface area contributed by atoms with E-state index < -0.39 is 0 Å². The van der Waals surface area contributed by atoms with E-state index in [2.05, 4.69) is 57.4 Å². The molecule has 0 aliphatic carbocycles. The maximum absolute atomic E-state index is 2.49. The molecule has 2 unspecified atom stereocenters. The van der Waals surface area contributed by atoms with Gasteiger partial charge in [0.05, 0.1) is 0 Å². The molecular formula is C12H21BNS. The molecule has 0 amide bonds. The van der Waals surface area contributed by atoms with Gasteiger partial charge in [-0.1, -0.05) is 39.8 Å². The van der Waals surface area contributed by atoms with Gasteiger partial charge in [0.25, 0.3) is 7.41 Å². The fourth-order valence-corrected chi connectivity index (χ4v) is 2.28. The minimum atomic E-state index is 0.627. The number of thiophene rings is 1. The van der Waals surface area contributed by atoms with Crippen LogP contribution in [-0.2, 0) is 0 Å². The van der Waals surface area contributed by atoms with Crippen LogP contribution in [0.4, 0.5) is 0 Å². The molecule has 1 radical (unpaired) electrons. The first-order chi connectivity index (χ1) is 7.19. The predicted octanol–water partition coefficient (Wildman–Crippen LogP) is 2.89. The Bertz CT molecular complexity index is 251. The molecule has 1 aromatic rings. The lowest BCUT2D eigenvalue weighted by molar-refractivity contribution is 0.271. The Labute approximate surface area is 98.8 Å². The minimum absolute atomic E-state index is 0.627. The van der Waals surface area contributed by atoms with Crippen molar-refractivity contribution in [2.45, 2.75) is 52.6 Å². The van der Waals surface area contributed by atoms with Crippen molar-refractivity contribution >= 4 is 23.5 Å². The van der Waals surface area contributed by atoms with Crippen molar-refractivity contribution < 1.29 is 0 Å². The first-order valence-corrected chi connectivity index (χ1v) is 6.72. The third-order valence-corrected chi connectivity index (χ3v) is 3.83. The van der Waals surface area contributed by atoms with Gasteiger partial charge in [0.2, 0.25) is 0 Å². The van der Waals surface area contributed by atoms with Crippen LogP contribution in [0.5, 0.6) is 0 Å². The first kappa shape index (κ1) is 12.8. The number of hydrogen-bond donors (Lipinski definition) is 0. The molecule has 0 aliphatic rings. The molecular weight excluding hydrogens is 201 g/mol. The molecule has 0 fully saturated rings. The van der Waals surface area contributed by atoms with Gasteiger partial charge in [-0.25, -0.2) is 0 Å². The van der Waals surface area contributed by atoms with Crippen molar-refractivity contribution in [2.75, 3.05) is 0 Å². The maximum atomic E-state index is 2.49. The summed E-state index contributed by atoms with van der Waals surface area (Å²) >= 11 is 1.81. The summed E-state index contributed by atoms with van der Waals surface area (Å²) in [6.45, 7) is 9.11. The van der Waals surface area contributed by atoms with E-state index in [1.54, 1.807) is 0 Å². The Morgan fingerprint density at radius 2 is 1.87 bits per heavy atom. The SMILES string of the molecule is CCC(C)N([B]c1cccs1)C(C)CC. The number of hydrogen-bond acceptors (Lipinski definition) is 2. The third kappa shape index (κ3) is 3.65. The normalized spacial score (nSPS) is 15.3. The van der Waals surface area contributed by atoms with Gasteiger partial charge >= 0.3 is 0 Å². The van der Waals surface area contributed by atoms with Crippen LogP contribution >= 0.6 is 11.3 Å². The van der Waals surface area contributed by atoms with Crippen LogP contribution in [0.3, 0.4) is 0 Å². The molecule has 0 saturated carbocycles. The summed E-state index contributed by atoms with van der Waals surface area (Å²) in [6.07, 6.45) is 2.40. The summed E-state index contributed by atoms with van der Waals surface area (Å²) in [6, 6.07) is 5.55. The molecule has 1 aromatic heterocycles. The Balaban J connectivity index is 2.64. The van der Waals surface area contributed by atoms with Crippen LogP contribution in [0.1, 0.15) is 40.5 Å². The first-order valence-electron chi connectivity index (χ1n) is 5.84. The summed E-state index contributed by atoms with van der Waals surface area (Å²) in [5.41, 5.74) is 0. The van der Waals surface area contributed by atoms with Crippen molar-refractivity contribution in [1.82, 2.24) is 4.81 Å². The van der Waals surface area contributed by atoms with Crippen molar-refractivity contribution in [3.63, 3.8) is 0 Å². The summed E-state index contributed by atoms with van der Waals surface area (Å²) in [5.74, 6) is 0. The molecule has 0 saturated heterocycles. The Kier molecular flexibility index (Phi) is 5.41. The monoisotopic (exact) mass is 222 g/mol. The quantitative estimate of drug-likeness (QED) is 0.669. The topological polar surface area (TPSA) is 3.24 Å². The average Bonchev–Trinajstić information content (AvgIpc) is 2.76. The summed E-state index contributed by atoms with van der Waals surface area (Å²) in [7, 11) is 2.31. The summed E-state index contributed by atoms with van der Waals surface area (Å²) < 4.78 is 1.36. The lowest BCUT2D eigenvalue weighted by Crippen LogP contribution is -2.46. The molecule has 15 heavy (non-hydrogen) atoms. The Hall–Kier alpha value is -0.275. The number of rotatable bonds is 6. The van der Waals surface area contributed by atoms with Crippen LogP contribution in [0.25, 0.3) is 0 Å². The van der Waals surface area contributed by atoms with E-state index in [-0.39, 0.29) is 0 Å². The summed E-state index contributed by atoms with van der Waals surface area (Å²) in [5, 5.41) is 2.14. The van der Waals surface area contributed by atoms with E-state index in [9.17, 15) is 0 Å². The van der Waals surface area contributed by atoms with Gasteiger partial charge in [-0.15, -0.1) is 0 Å². The molecule has 1 rings (SSSR count). The summed E-state index contributed by atoms with van der Waals surface area (Å²) in [4.78, 5) is 2.49. The van der Waals surface area contributed by atoms with Gasteiger partial charge in [0, 0.05) is 0 Å². The van der Waals surface area contributed by atoms with E-state index in [4.69, 9.17) is 0 Å². The van der Waals surface area contributed by atoms with Crippen LogP contribution < -0.4 is 4.78 Å². The zero-order chi connectivity index (χ0) is 11.3. The molecule has 2 atom stereocenters. The standard InChI is InChI=1S/C12H21BNS/c1-5-10(3)14(11(4)6-2)13-12-8-7-9-15-12/h7-11H,5-6H2,1-4H3. The van der Waals surface area contributed by atoms with Crippen LogP contribution in [0.15, 0.2) is 17.5 Å². The van der Waals surface area contributed by atoms with E-state index in [1.165, 1.54) is 17.6 Å². The fourth-order valence-electron chi connectivity index (χ4n) is 1.62. The molecule has 0 aromatic carbocycles. The largest absolute Gasteiger partial charge is 0.337 e. The second-order valence-electron chi connectivity index (χ2n) is 4.11. The highest BCUT2D eigenvalue weighted by Crippen LogP contribution is 2.10. The predicted molar refractivity (Wildman–Crippen MR) is 71.1 cm³/mol. The van der Waals surface area contributed by atoms with Gasteiger partial charge in [-0.2, -0.15) is 11.3 Å². The maximum Gasteiger partial charge on any atom is 0.261 e. The zero-order valence-corrected chi connectivity index (χ0v) is 11.1. The molecule has 0 aliphatic heterocycles. The molecule has 83 valence electrons. The molecule has 0 spiro atoms. The van der Waals surface area contributed by atoms with Crippen LogP contribution in [0.2, 0.25) is 0 Å². The fraction of sp³-hybridized carbons (Fsp3) is 0.667. The smallest absolute Gasteiger partial charge is 0.261 e. The highest BCUT2D eigenvalue weighted by molar-refractivity contribution is 7.19. The Morgan fingerprint density at radius 1 is 1.27 bits per heavy atom. The van der Waals surface area contributed by atoms with Crippen LogP contribution in [-0.4, -0.2) is 24.3 Å². The van der Waals surface area contributed by atoms with Gasteiger partial charge in [-0.05, 0) is 35.1 Å². The zero-order valence-electron chi connectivity index (χ0n) is 10.2. The average molecular weight is 222 g/mol. The molecule has 3 heteroatoms. The highest BCUT2D eigenvalue weighted by atomic mass is 32.1. The van der Waals surface area contributed by atoms with Gasteiger partial charge in [-0.3, -0.25) is 0 Å². The van der Waals surface area contributed by atoms with Gasteiger partial charge in [0.1, 0.15) is 0 Å². The molecule has 0 N–H and O–H groups in total. The lowest BCUT2D eigenvalue weighted by Gasteiger charge is -2.33. The van der Waals surface area contributed by atoms with Crippen molar-refractivity contribution in [3.05, 3.63) is 17.5 Å². The van der Waals surface area contributed by atoms with Crippen molar-refractivity contribution in [3.8, 4) is 0 Å². The minimum Gasteiger partial charge on any atom is -0.337 e. The molecule has 1 nitrogen and oxygen atoms in total. The van der Waals surface area contributed by atoms with Crippen molar-refractivity contribution in [1.29, 1.82) is 0 Å². The van der Waals surface area contributed by atoms with Crippen molar-refractivity contribution in [2.24, 2.45) is 0 Å². The van der Waals surface area contributed by atoms with E-state index in [0.29, 0.717) is 12.1 Å². The molecule has 1 heterocycles. The Morgan fingerprint density at radius 3 is 2.27 bits per heavy atom. The highest BCUT2D eigenvalue weighted by Gasteiger charge is 2.19. The molecule has 0 bridgehead atoms. The van der Waals surface area contributed by atoms with Gasteiger partial charge in [0.15, 0.2) is 0 Å². The second-order valence-corrected chi connectivity index (χ2v) is 5.09. The second kappa shape index (κ2) is 6.34. The van der Waals surface area contributed by atoms with E-state index in [0.717, 1.165) is 0 Å².